The second-order valence-electron chi connectivity index (χ2n) is 5.55. The number of nitrogens with one attached hydrogen (secondary N) is 1. The fourth-order valence-electron chi connectivity index (χ4n) is 2.34. The van der Waals surface area contributed by atoms with Gasteiger partial charge in [-0.05, 0) is 0 Å². The summed E-state index contributed by atoms with van der Waals surface area (Å²) < 4.78 is 39.3. The van der Waals surface area contributed by atoms with E-state index in [0.717, 1.165) is 12.6 Å². The van der Waals surface area contributed by atoms with Gasteiger partial charge in [0.2, 0.25) is 5.82 Å². The minimum absolute atomic E-state index is 0.0642. The molecule has 1 N–H and O–H groups in total. The molecule has 27 heavy (non-hydrogen) atoms. The first kappa shape index (κ1) is 18.8. The summed E-state index contributed by atoms with van der Waals surface area (Å²) in [5, 5.41) is 8.06. The van der Waals surface area contributed by atoms with Crippen LogP contribution in [0.15, 0.2) is 40.5 Å². The quantitative estimate of drug-likeness (QED) is 0.715. The molecule has 0 unspecified atom stereocenters. The minimum Gasteiger partial charge on any atom is -0.349 e. The van der Waals surface area contributed by atoms with Crippen molar-refractivity contribution in [3.8, 4) is 10.6 Å². The van der Waals surface area contributed by atoms with Crippen molar-refractivity contribution in [3.05, 3.63) is 57.7 Å². The van der Waals surface area contributed by atoms with E-state index in [-0.39, 0.29) is 18.8 Å². The van der Waals surface area contributed by atoms with Crippen molar-refractivity contribution in [1.82, 2.24) is 24.6 Å². The third-order valence-corrected chi connectivity index (χ3v) is 4.55. The average Bonchev–Trinajstić information content (AvgIpc) is 3.23. The number of amides is 1. The molecule has 2 heterocycles. The summed E-state index contributed by atoms with van der Waals surface area (Å²) in [5.74, 6) is -1.76. The van der Waals surface area contributed by atoms with Crippen LogP contribution in [0.3, 0.4) is 0 Å². The molecule has 0 aliphatic carbocycles. The smallest absolute Gasteiger partial charge is 0.349 e. The Hall–Kier alpha value is -2.95. The van der Waals surface area contributed by atoms with E-state index in [9.17, 15) is 22.8 Å². The Morgan fingerprint density at radius 2 is 1.96 bits per heavy atom. The molecule has 0 radical (unpaired) electrons. The van der Waals surface area contributed by atoms with Gasteiger partial charge >= 0.3 is 11.9 Å². The fourth-order valence-corrected chi connectivity index (χ4v) is 3.14. The molecule has 3 rings (SSSR count). The SMILES string of the molecule is Cn1c(C(F)(F)F)nn(CCNC(=O)c2csc(-c3ccccc3)n2)c1=O. The van der Waals surface area contributed by atoms with Gasteiger partial charge in [0.15, 0.2) is 0 Å². The van der Waals surface area contributed by atoms with Crippen molar-refractivity contribution in [2.24, 2.45) is 7.05 Å². The summed E-state index contributed by atoms with van der Waals surface area (Å²) in [6.07, 6.45) is -4.73. The molecule has 1 amide bonds. The first-order chi connectivity index (χ1) is 12.8. The van der Waals surface area contributed by atoms with Crippen molar-refractivity contribution < 1.29 is 18.0 Å². The third-order valence-electron chi connectivity index (χ3n) is 3.66. The Bertz CT molecular complexity index is 1010. The highest BCUT2D eigenvalue weighted by Gasteiger charge is 2.37. The van der Waals surface area contributed by atoms with Gasteiger partial charge in [-0.1, -0.05) is 30.3 Å². The number of carbonyl (C=O) groups is 1. The second kappa shape index (κ2) is 7.35. The number of thiazole rings is 1. The van der Waals surface area contributed by atoms with E-state index >= 15 is 0 Å². The molecule has 0 aliphatic heterocycles. The van der Waals surface area contributed by atoms with Crippen LogP contribution in [0.1, 0.15) is 16.3 Å². The number of nitrogens with zero attached hydrogens (tertiary/aromatic N) is 4. The van der Waals surface area contributed by atoms with Crippen LogP contribution >= 0.6 is 11.3 Å². The lowest BCUT2D eigenvalue weighted by Gasteiger charge is -2.03. The van der Waals surface area contributed by atoms with Crippen molar-refractivity contribution in [1.29, 1.82) is 0 Å². The van der Waals surface area contributed by atoms with Crippen molar-refractivity contribution in [2.75, 3.05) is 6.54 Å². The lowest BCUT2D eigenvalue weighted by Crippen LogP contribution is -2.32. The Morgan fingerprint density at radius 1 is 1.26 bits per heavy atom. The van der Waals surface area contributed by atoms with Crippen LogP contribution in [0, 0.1) is 0 Å². The van der Waals surface area contributed by atoms with Crippen LogP contribution in [0.25, 0.3) is 10.6 Å². The molecule has 3 aromatic rings. The molecule has 2 aromatic heterocycles. The highest BCUT2D eigenvalue weighted by atomic mass is 32.1. The number of alkyl halides is 3. The van der Waals surface area contributed by atoms with Crippen LogP contribution in [-0.4, -0.2) is 31.8 Å². The van der Waals surface area contributed by atoms with Gasteiger partial charge in [0, 0.05) is 24.5 Å². The maximum atomic E-state index is 12.7. The summed E-state index contributed by atoms with van der Waals surface area (Å²) in [6.45, 7) is -0.255. The Morgan fingerprint density at radius 3 is 2.59 bits per heavy atom. The summed E-state index contributed by atoms with van der Waals surface area (Å²) in [4.78, 5) is 28.2. The van der Waals surface area contributed by atoms with Gasteiger partial charge < -0.3 is 5.32 Å². The summed E-state index contributed by atoms with van der Waals surface area (Å²) in [7, 11) is 0.994. The van der Waals surface area contributed by atoms with E-state index in [2.05, 4.69) is 15.4 Å². The number of hydrogen-bond acceptors (Lipinski definition) is 5. The second-order valence-corrected chi connectivity index (χ2v) is 6.40. The monoisotopic (exact) mass is 397 g/mol. The molecular weight excluding hydrogens is 383 g/mol. The average molecular weight is 397 g/mol. The number of hydrogen-bond donors (Lipinski definition) is 1. The number of halogens is 3. The maximum Gasteiger partial charge on any atom is 0.451 e. The number of rotatable bonds is 5. The van der Waals surface area contributed by atoms with E-state index < -0.39 is 23.6 Å². The van der Waals surface area contributed by atoms with E-state index in [1.807, 2.05) is 30.3 Å². The first-order valence-corrected chi connectivity index (χ1v) is 8.65. The zero-order chi connectivity index (χ0) is 19.6. The van der Waals surface area contributed by atoms with Gasteiger partial charge in [-0.15, -0.1) is 16.4 Å². The van der Waals surface area contributed by atoms with E-state index in [0.29, 0.717) is 14.3 Å². The predicted molar refractivity (Wildman–Crippen MR) is 92.4 cm³/mol. The topological polar surface area (TPSA) is 81.8 Å². The van der Waals surface area contributed by atoms with Gasteiger partial charge in [-0.25, -0.2) is 14.5 Å². The van der Waals surface area contributed by atoms with Crippen molar-refractivity contribution in [2.45, 2.75) is 12.7 Å². The highest BCUT2D eigenvalue weighted by Crippen LogP contribution is 2.26. The molecule has 0 aliphatic rings. The third kappa shape index (κ3) is 4.08. The molecule has 0 bridgehead atoms. The van der Waals surface area contributed by atoms with Crippen LogP contribution in [-0.2, 0) is 19.8 Å². The zero-order valence-electron chi connectivity index (χ0n) is 14.0. The van der Waals surface area contributed by atoms with Gasteiger partial charge in [0.25, 0.3) is 5.91 Å². The fraction of sp³-hybridized carbons (Fsp3) is 0.250. The Kier molecular flexibility index (Phi) is 5.13. The number of aromatic nitrogens is 4. The van der Waals surface area contributed by atoms with E-state index in [4.69, 9.17) is 0 Å². The molecule has 0 saturated carbocycles. The Labute approximate surface area is 155 Å². The van der Waals surface area contributed by atoms with E-state index in [1.54, 1.807) is 5.38 Å². The molecule has 7 nitrogen and oxygen atoms in total. The molecule has 11 heteroatoms. The van der Waals surface area contributed by atoms with Crippen molar-refractivity contribution >= 4 is 17.2 Å². The van der Waals surface area contributed by atoms with Gasteiger partial charge in [-0.2, -0.15) is 13.2 Å². The first-order valence-electron chi connectivity index (χ1n) is 7.77. The molecule has 0 spiro atoms. The molecule has 1 aromatic carbocycles. The van der Waals surface area contributed by atoms with Gasteiger partial charge in [0.05, 0.1) is 6.54 Å². The van der Waals surface area contributed by atoms with Gasteiger partial charge in [-0.3, -0.25) is 9.36 Å². The molecule has 0 atom stereocenters. The Balaban J connectivity index is 1.63. The minimum atomic E-state index is -4.73. The normalized spacial score (nSPS) is 11.6. The summed E-state index contributed by atoms with van der Waals surface area (Å²) in [6, 6.07) is 9.32. The summed E-state index contributed by atoms with van der Waals surface area (Å²) >= 11 is 1.30. The predicted octanol–water partition coefficient (Wildman–Crippen LogP) is 2.15. The lowest BCUT2D eigenvalue weighted by atomic mass is 10.2. The van der Waals surface area contributed by atoms with E-state index in [1.165, 1.54) is 11.3 Å². The van der Waals surface area contributed by atoms with Crippen LogP contribution in [0.2, 0.25) is 0 Å². The molecule has 0 saturated heterocycles. The van der Waals surface area contributed by atoms with Crippen LogP contribution < -0.4 is 11.0 Å². The molecule has 0 fully saturated rings. The van der Waals surface area contributed by atoms with Crippen LogP contribution in [0.5, 0.6) is 0 Å². The van der Waals surface area contributed by atoms with Gasteiger partial charge in [0.1, 0.15) is 10.7 Å². The summed E-state index contributed by atoms with van der Waals surface area (Å²) in [5.41, 5.74) is 0.168. The maximum absolute atomic E-state index is 12.7. The largest absolute Gasteiger partial charge is 0.451 e. The number of benzene rings is 1. The van der Waals surface area contributed by atoms with Crippen LogP contribution in [0.4, 0.5) is 13.2 Å². The lowest BCUT2D eigenvalue weighted by molar-refractivity contribution is -0.147. The van der Waals surface area contributed by atoms with Crippen molar-refractivity contribution in [3.63, 3.8) is 0 Å². The molecule has 142 valence electrons. The standard InChI is InChI=1S/C16H14F3N5O2S/c1-23-14(16(17,18)19)22-24(15(23)26)8-7-20-12(25)11-9-27-13(21-11)10-5-3-2-4-6-10/h2-6,9H,7-8H2,1H3,(H,20,25). The zero-order valence-corrected chi connectivity index (χ0v) is 14.8. The highest BCUT2D eigenvalue weighted by molar-refractivity contribution is 7.13. The number of carbonyl (C=O) groups excluding carboxylic acids is 1. The molecular formula is C16H14F3N5O2S.